The second kappa shape index (κ2) is 12.0. The molecule has 5 N–H and O–H groups in total. The van der Waals surface area contributed by atoms with Crippen molar-refractivity contribution < 1.29 is 24.2 Å². The van der Waals surface area contributed by atoms with E-state index < -0.39 is 29.7 Å². The Morgan fingerprint density at radius 3 is 2.32 bits per heavy atom. The lowest BCUT2D eigenvalue weighted by Gasteiger charge is -2.29. The molecule has 38 heavy (non-hydrogen) atoms. The van der Waals surface area contributed by atoms with Gasteiger partial charge < -0.3 is 30.8 Å². The fourth-order valence-corrected chi connectivity index (χ4v) is 4.31. The molecular weight excluding hydrogens is 484 g/mol. The van der Waals surface area contributed by atoms with Gasteiger partial charge in [-0.1, -0.05) is 78.9 Å². The van der Waals surface area contributed by atoms with Crippen molar-refractivity contribution in [2.24, 2.45) is 0 Å². The summed E-state index contributed by atoms with van der Waals surface area (Å²) in [6, 6.07) is 25.5. The number of nitrogens with one attached hydrogen (secondary N) is 4. The second-order valence-corrected chi connectivity index (χ2v) is 9.18. The molecule has 1 heterocycles. The van der Waals surface area contributed by atoms with E-state index in [2.05, 4.69) is 20.9 Å². The van der Waals surface area contributed by atoms with Crippen molar-refractivity contribution >= 4 is 29.0 Å². The molecule has 3 aromatic carbocycles. The number of hydrogen-bond donors (Lipinski definition) is 5. The minimum Gasteiger partial charge on any atom is -0.465 e. The van der Waals surface area contributed by atoms with Crippen LogP contribution in [0.5, 0.6) is 0 Å². The summed E-state index contributed by atoms with van der Waals surface area (Å²) in [5.41, 5.74) is 1.83. The molecule has 9 heteroatoms. The Balaban J connectivity index is 1.46. The average molecular weight is 515 g/mol. The fourth-order valence-electron chi connectivity index (χ4n) is 4.31. The largest absolute Gasteiger partial charge is 0.465 e. The first-order chi connectivity index (χ1) is 18.3. The van der Waals surface area contributed by atoms with Crippen molar-refractivity contribution in [1.29, 1.82) is 0 Å². The van der Waals surface area contributed by atoms with Gasteiger partial charge in [0.25, 0.3) is 0 Å². The summed E-state index contributed by atoms with van der Waals surface area (Å²) in [7, 11) is 0. The topological polar surface area (TPSA) is 133 Å². The van der Waals surface area contributed by atoms with Crippen molar-refractivity contribution in [3.63, 3.8) is 0 Å². The number of ether oxygens (including phenoxy) is 1. The molecule has 0 saturated carbocycles. The number of aromatic amines is 1. The van der Waals surface area contributed by atoms with E-state index in [-0.39, 0.29) is 19.6 Å². The number of para-hydroxylation sites is 1. The molecule has 1 aromatic heterocycles. The second-order valence-electron chi connectivity index (χ2n) is 9.18. The molecule has 196 valence electrons. The van der Waals surface area contributed by atoms with Gasteiger partial charge in [0, 0.05) is 30.1 Å². The van der Waals surface area contributed by atoms with Gasteiger partial charge in [-0.2, -0.15) is 0 Å². The number of hydrogen-bond acceptors (Lipinski definition) is 4. The van der Waals surface area contributed by atoms with E-state index in [1.807, 2.05) is 84.9 Å². The van der Waals surface area contributed by atoms with E-state index in [4.69, 9.17) is 4.74 Å². The third-order valence-corrected chi connectivity index (χ3v) is 6.28. The summed E-state index contributed by atoms with van der Waals surface area (Å²) < 4.78 is 5.36. The van der Waals surface area contributed by atoms with Gasteiger partial charge in [0.2, 0.25) is 5.91 Å². The number of carbonyl (C=O) groups is 3. The first-order valence-corrected chi connectivity index (χ1v) is 12.2. The number of rotatable bonds is 10. The molecule has 0 spiro atoms. The van der Waals surface area contributed by atoms with Crippen molar-refractivity contribution in [2.75, 3.05) is 6.54 Å². The molecule has 0 fully saturated rings. The Bertz CT molecular complexity index is 1390. The summed E-state index contributed by atoms with van der Waals surface area (Å²) in [4.78, 5) is 40.8. The van der Waals surface area contributed by atoms with Crippen LogP contribution in [0.25, 0.3) is 10.9 Å². The van der Waals surface area contributed by atoms with Crippen LogP contribution in [0.3, 0.4) is 0 Å². The van der Waals surface area contributed by atoms with Crippen LogP contribution in [0.2, 0.25) is 0 Å². The SMILES string of the molecule is CC(Cc1c[nH]c2ccccc12)(NC(=O)O)C(=O)NCC(NC(=O)OCc1ccccc1)c1ccccc1. The Hall–Kier alpha value is -4.79. The first kappa shape index (κ1) is 26.3. The normalized spacial score (nSPS) is 13.2. The lowest BCUT2D eigenvalue weighted by atomic mass is 9.91. The Kier molecular flexibility index (Phi) is 8.27. The lowest BCUT2D eigenvalue weighted by molar-refractivity contribution is -0.126. The Labute approximate surface area is 220 Å². The Morgan fingerprint density at radius 2 is 1.61 bits per heavy atom. The highest BCUT2D eigenvalue weighted by Gasteiger charge is 2.36. The molecule has 0 aliphatic heterocycles. The minimum atomic E-state index is -1.47. The summed E-state index contributed by atoms with van der Waals surface area (Å²) in [6.07, 6.45) is -0.0546. The van der Waals surface area contributed by atoms with Crippen molar-refractivity contribution in [3.8, 4) is 0 Å². The molecule has 2 unspecified atom stereocenters. The molecule has 2 atom stereocenters. The summed E-state index contributed by atoms with van der Waals surface area (Å²) in [6.45, 7) is 1.66. The number of benzene rings is 3. The highest BCUT2D eigenvalue weighted by Crippen LogP contribution is 2.23. The van der Waals surface area contributed by atoms with Gasteiger partial charge in [0.15, 0.2) is 0 Å². The van der Waals surface area contributed by atoms with E-state index in [0.717, 1.165) is 27.6 Å². The lowest BCUT2D eigenvalue weighted by Crippen LogP contribution is -2.58. The number of carboxylic acid groups (broad SMARTS) is 1. The zero-order valence-electron chi connectivity index (χ0n) is 20.9. The third kappa shape index (κ3) is 6.70. The summed E-state index contributed by atoms with van der Waals surface area (Å²) in [5.74, 6) is -0.523. The number of H-pyrrole nitrogens is 1. The van der Waals surface area contributed by atoms with Gasteiger partial charge in [-0.15, -0.1) is 0 Å². The monoisotopic (exact) mass is 514 g/mol. The average Bonchev–Trinajstić information content (AvgIpc) is 3.32. The maximum Gasteiger partial charge on any atom is 0.408 e. The van der Waals surface area contributed by atoms with Crippen molar-refractivity contribution in [3.05, 3.63) is 108 Å². The van der Waals surface area contributed by atoms with Crippen molar-refractivity contribution in [2.45, 2.75) is 31.5 Å². The van der Waals surface area contributed by atoms with Crippen LogP contribution < -0.4 is 16.0 Å². The molecule has 0 bridgehead atoms. The van der Waals surface area contributed by atoms with Crippen LogP contribution >= 0.6 is 0 Å². The molecule has 3 amide bonds. The highest BCUT2D eigenvalue weighted by atomic mass is 16.5. The zero-order chi connectivity index (χ0) is 27.0. The van der Waals surface area contributed by atoms with Crippen LogP contribution in [-0.2, 0) is 22.6 Å². The molecule has 0 radical (unpaired) electrons. The van der Waals surface area contributed by atoms with Gasteiger partial charge in [0.05, 0.1) is 6.04 Å². The standard InChI is InChI=1S/C29H30N4O5/c1-29(33-27(35)36,16-22-17-30-24-15-9-8-14-23(22)24)26(34)31-18-25(21-12-6-3-7-13-21)32-28(37)38-19-20-10-4-2-5-11-20/h2-15,17,25,30,33H,16,18-19H2,1H3,(H,31,34)(H,32,37)(H,35,36). The van der Waals surface area contributed by atoms with E-state index in [1.54, 1.807) is 6.20 Å². The number of aromatic nitrogens is 1. The summed E-state index contributed by atoms with van der Waals surface area (Å²) in [5, 5.41) is 18.4. The molecular formula is C29H30N4O5. The van der Waals surface area contributed by atoms with Crippen molar-refractivity contribution in [1.82, 2.24) is 20.9 Å². The third-order valence-electron chi connectivity index (χ3n) is 6.28. The van der Waals surface area contributed by atoms with Gasteiger partial charge in [0.1, 0.15) is 12.1 Å². The molecule has 0 aliphatic carbocycles. The smallest absolute Gasteiger partial charge is 0.408 e. The van der Waals surface area contributed by atoms with E-state index >= 15 is 0 Å². The number of carbonyl (C=O) groups excluding carboxylic acids is 2. The van der Waals surface area contributed by atoms with Gasteiger partial charge in [-0.25, -0.2) is 9.59 Å². The molecule has 4 rings (SSSR count). The predicted molar refractivity (Wildman–Crippen MR) is 144 cm³/mol. The maximum absolute atomic E-state index is 13.4. The van der Waals surface area contributed by atoms with Gasteiger partial charge >= 0.3 is 12.2 Å². The minimum absolute atomic E-state index is 0.0219. The van der Waals surface area contributed by atoms with Crippen LogP contribution in [0, 0.1) is 0 Å². The predicted octanol–water partition coefficient (Wildman–Crippen LogP) is 4.52. The molecule has 9 nitrogen and oxygen atoms in total. The number of alkyl carbamates (subject to hydrolysis) is 1. The van der Waals surface area contributed by atoms with Gasteiger partial charge in [-0.05, 0) is 29.7 Å². The van der Waals surface area contributed by atoms with Crippen LogP contribution in [0.15, 0.2) is 91.1 Å². The molecule has 4 aromatic rings. The number of amides is 3. The maximum atomic E-state index is 13.4. The van der Waals surface area contributed by atoms with E-state index in [9.17, 15) is 19.5 Å². The van der Waals surface area contributed by atoms with Crippen LogP contribution in [-0.4, -0.2) is 40.3 Å². The first-order valence-electron chi connectivity index (χ1n) is 12.2. The molecule has 0 aliphatic rings. The Morgan fingerprint density at radius 1 is 0.947 bits per heavy atom. The zero-order valence-corrected chi connectivity index (χ0v) is 20.9. The quantitative estimate of drug-likeness (QED) is 0.212. The van der Waals surface area contributed by atoms with E-state index in [1.165, 1.54) is 6.92 Å². The highest BCUT2D eigenvalue weighted by molar-refractivity contribution is 5.91. The number of fused-ring (bicyclic) bond motifs is 1. The molecule has 0 saturated heterocycles. The van der Waals surface area contributed by atoms with E-state index in [0.29, 0.717) is 0 Å². The summed E-state index contributed by atoms with van der Waals surface area (Å²) >= 11 is 0. The van der Waals surface area contributed by atoms with Crippen LogP contribution in [0.1, 0.15) is 29.7 Å². The fraction of sp³-hybridized carbons (Fsp3) is 0.207. The van der Waals surface area contributed by atoms with Crippen LogP contribution in [0.4, 0.5) is 9.59 Å². The van der Waals surface area contributed by atoms with Gasteiger partial charge in [-0.3, -0.25) is 4.79 Å².